The first-order valence-electron chi connectivity index (χ1n) is 10.8. The molecule has 8 nitrogen and oxygen atoms in total. The molecule has 2 aromatic heterocycles. The normalized spacial score (nSPS) is 23.0. The van der Waals surface area contributed by atoms with Gasteiger partial charge in [0.25, 0.3) is 5.91 Å². The Balaban J connectivity index is 1.58. The van der Waals surface area contributed by atoms with E-state index in [-0.39, 0.29) is 18.1 Å². The van der Waals surface area contributed by atoms with Crippen molar-refractivity contribution in [3.8, 4) is 5.69 Å². The Bertz CT molecular complexity index is 976. The van der Waals surface area contributed by atoms with E-state index in [0.717, 1.165) is 67.3 Å². The summed E-state index contributed by atoms with van der Waals surface area (Å²) in [5, 5.41) is 3.77. The van der Waals surface area contributed by atoms with Crippen LogP contribution in [0.1, 0.15) is 72.8 Å². The van der Waals surface area contributed by atoms with Gasteiger partial charge in [0.05, 0.1) is 17.4 Å². The van der Waals surface area contributed by atoms with Crippen molar-refractivity contribution >= 4 is 23.3 Å². The number of thiophene rings is 1. The number of hydrogen-bond donors (Lipinski definition) is 0. The number of amides is 1. The molecular weight excluding hydrogens is 400 g/mol. The number of amidine groups is 1. The number of rotatable bonds is 5. The third-order valence-electron chi connectivity index (χ3n) is 6.07. The highest BCUT2D eigenvalue weighted by Crippen LogP contribution is 2.43. The number of nitrogens with zero attached hydrogens (tertiary/aromatic N) is 6. The molecule has 160 valence electrons. The lowest BCUT2D eigenvalue weighted by molar-refractivity contribution is -0.0700. The summed E-state index contributed by atoms with van der Waals surface area (Å²) in [6.07, 6.45) is 5.57. The summed E-state index contributed by atoms with van der Waals surface area (Å²) < 4.78 is 2.10. The topological polar surface area (TPSA) is 66.2 Å². The van der Waals surface area contributed by atoms with E-state index < -0.39 is 0 Å². The van der Waals surface area contributed by atoms with Crippen LogP contribution in [0.4, 0.5) is 0 Å². The van der Waals surface area contributed by atoms with Crippen molar-refractivity contribution in [1.29, 1.82) is 0 Å². The maximum atomic E-state index is 13.2. The lowest BCUT2D eigenvalue weighted by Gasteiger charge is -2.24. The molecule has 0 saturated carbocycles. The van der Waals surface area contributed by atoms with Crippen molar-refractivity contribution in [2.45, 2.75) is 51.7 Å². The molecule has 3 aliphatic heterocycles. The Morgan fingerprint density at radius 3 is 2.87 bits per heavy atom. The van der Waals surface area contributed by atoms with Gasteiger partial charge in [-0.2, -0.15) is 0 Å². The van der Waals surface area contributed by atoms with Crippen LogP contribution in [0.2, 0.25) is 0 Å². The van der Waals surface area contributed by atoms with Crippen molar-refractivity contribution in [3.05, 3.63) is 34.0 Å². The first kappa shape index (κ1) is 19.6. The van der Waals surface area contributed by atoms with Crippen molar-refractivity contribution in [3.63, 3.8) is 0 Å². The van der Waals surface area contributed by atoms with Gasteiger partial charge in [-0.15, -0.1) is 16.4 Å². The maximum Gasteiger partial charge on any atom is 0.309 e. The van der Waals surface area contributed by atoms with E-state index in [9.17, 15) is 4.79 Å². The molecule has 0 aromatic carbocycles. The molecule has 0 radical (unpaired) electrons. The number of imidazole rings is 1. The van der Waals surface area contributed by atoms with Gasteiger partial charge in [-0.1, -0.05) is 13.8 Å². The summed E-state index contributed by atoms with van der Waals surface area (Å²) in [6, 6.07) is 2.71. The quantitative estimate of drug-likeness (QED) is 0.728. The SMILES string of the molecule is CCCN(CCC)C1=NC(c2ncn3c2[C@@H]2CCCN2C(=O)c2sccc2-3)N(C)O1. The minimum Gasteiger partial charge on any atom is -0.366 e. The Kier molecular flexibility index (Phi) is 5.02. The van der Waals surface area contributed by atoms with Crippen LogP contribution < -0.4 is 0 Å². The number of aliphatic imine (C=N–C) groups is 1. The highest BCUT2D eigenvalue weighted by molar-refractivity contribution is 7.12. The van der Waals surface area contributed by atoms with E-state index >= 15 is 0 Å². The molecule has 0 bridgehead atoms. The van der Waals surface area contributed by atoms with Gasteiger partial charge in [0.1, 0.15) is 16.9 Å². The summed E-state index contributed by atoms with van der Waals surface area (Å²) in [4.78, 5) is 34.0. The van der Waals surface area contributed by atoms with Crippen LogP contribution in [0.3, 0.4) is 0 Å². The maximum absolute atomic E-state index is 13.2. The summed E-state index contributed by atoms with van der Waals surface area (Å²) in [6.45, 7) is 6.95. The average Bonchev–Trinajstić information content (AvgIpc) is 3.50. The molecular formula is C21H28N6O2S. The molecule has 0 spiro atoms. The summed E-state index contributed by atoms with van der Waals surface area (Å²) >= 11 is 1.51. The van der Waals surface area contributed by atoms with Crippen molar-refractivity contribution in [2.75, 3.05) is 26.7 Å². The van der Waals surface area contributed by atoms with Crippen molar-refractivity contribution < 1.29 is 9.63 Å². The minimum absolute atomic E-state index is 0.0321. The summed E-state index contributed by atoms with van der Waals surface area (Å²) in [5.74, 6) is 0.134. The summed E-state index contributed by atoms with van der Waals surface area (Å²) in [5.41, 5.74) is 2.88. The zero-order chi connectivity index (χ0) is 20.8. The first-order valence-corrected chi connectivity index (χ1v) is 11.7. The monoisotopic (exact) mass is 428 g/mol. The molecule has 9 heteroatoms. The van der Waals surface area contributed by atoms with Crippen molar-refractivity contribution in [2.24, 2.45) is 4.99 Å². The molecule has 1 saturated heterocycles. The number of hydroxylamine groups is 2. The van der Waals surface area contributed by atoms with Crippen molar-refractivity contribution in [1.82, 2.24) is 24.4 Å². The third kappa shape index (κ3) is 2.94. The average molecular weight is 429 g/mol. The second-order valence-corrected chi connectivity index (χ2v) is 9.00. The molecule has 1 fully saturated rings. The lowest BCUT2D eigenvalue weighted by atomic mass is 10.1. The van der Waals surface area contributed by atoms with E-state index in [0.29, 0.717) is 6.02 Å². The Morgan fingerprint density at radius 2 is 2.10 bits per heavy atom. The zero-order valence-corrected chi connectivity index (χ0v) is 18.6. The van der Waals surface area contributed by atoms with Gasteiger partial charge in [0, 0.05) is 26.7 Å². The third-order valence-corrected chi connectivity index (χ3v) is 6.96. The van der Waals surface area contributed by atoms with Crippen LogP contribution in [0.5, 0.6) is 0 Å². The lowest BCUT2D eigenvalue weighted by Crippen LogP contribution is -2.34. The van der Waals surface area contributed by atoms with Gasteiger partial charge in [-0.3, -0.25) is 9.36 Å². The predicted molar refractivity (Wildman–Crippen MR) is 116 cm³/mol. The van der Waals surface area contributed by atoms with Crippen LogP contribution in [-0.2, 0) is 4.84 Å². The smallest absolute Gasteiger partial charge is 0.309 e. The van der Waals surface area contributed by atoms with Crippen LogP contribution in [0.15, 0.2) is 22.8 Å². The second-order valence-electron chi connectivity index (χ2n) is 8.09. The molecule has 30 heavy (non-hydrogen) atoms. The number of fused-ring (bicyclic) bond motifs is 5. The van der Waals surface area contributed by atoms with E-state index in [1.807, 2.05) is 29.7 Å². The number of hydrogen-bond acceptors (Lipinski definition) is 7. The van der Waals surface area contributed by atoms with Gasteiger partial charge in [-0.25, -0.2) is 9.98 Å². The molecule has 2 aromatic rings. The van der Waals surface area contributed by atoms with Gasteiger partial charge in [-0.05, 0) is 37.1 Å². The highest BCUT2D eigenvalue weighted by Gasteiger charge is 2.42. The fraction of sp³-hybridized carbons (Fsp3) is 0.571. The zero-order valence-electron chi connectivity index (χ0n) is 17.7. The molecule has 1 unspecified atom stereocenters. The first-order chi connectivity index (χ1) is 14.6. The van der Waals surface area contributed by atoms with Crippen LogP contribution in [-0.4, -0.2) is 63.0 Å². The minimum atomic E-state index is -0.315. The van der Waals surface area contributed by atoms with Gasteiger partial charge < -0.3 is 14.6 Å². The Labute approximate surface area is 180 Å². The van der Waals surface area contributed by atoms with Gasteiger partial charge in [0.2, 0.25) is 0 Å². The molecule has 5 heterocycles. The predicted octanol–water partition coefficient (Wildman–Crippen LogP) is 3.58. The summed E-state index contributed by atoms with van der Waals surface area (Å²) in [7, 11) is 1.91. The van der Waals surface area contributed by atoms with E-state index in [1.165, 1.54) is 11.3 Å². The standard InChI is InChI=1S/C21H28N6O2S/c1-4-9-25(10-5-2)21-23-19(24(3)29-21)16-17-14-7-6-11-26(14)20(28)18-15(8-12-30-18)27(17)13-22-16/h8,12-14,19H,4-7,9-11H2,1-3H3/t14-,19?/m0/s1. The largest absolute Gasteiger partial charge is 0.366 e. The van der Waals surface area contributed by atoms with Gasteiger partial charge >= 0.3 is 6.02 Å². The number of carbonyl (C=O) groups excluding carboxylic acids is 1. The van der Waals surface area contributed by atoms with Crippen LogP contribution in [0.25, 0.3) is 5.69 Å². The number of carbonyl (C=O) groups is 1. The van der Waals surface area contributed by atoms with E-state index in [4.69, 9.17) is 14.8 Å². The second kappa shape index (κ2) is 7.70. The highest BCUT2D eigenvalue weighted by atomic mass is 32.1. The molecule has 2 atom stereocenters. The van der Waals surface area contributed by atoms with E-state index in [1.54, 1.807) is 5.06 Å². The molecule has 5 rings (SSSR count). The fourth-order valence-electron chi connectivity index (χ4n) is 4.77. The van der Waals surface area contributed by atoms with Crippen LogP contribution >= 0.6 is 11.3 Å². The van der Waals surface area contributed by atoms with Crippen LogP contribution in [0, 0.1) is 0 Å². The van der Waals surface area contributed by atoms with Gasteiger partial charge in [0.15, 0.2) is 6.17 Å². The molecule has 0 aliphatic carbocycles. The van der Waals surface area contributed by atoms with E-state index in [2.05, 4.69) is 23.3 Å². The molecule has 3 aliphatic rings. The Morgan fingerprint density at radius 1 is 1.30 bits per heavy atom. The number of aromatic nitrogens is 2. The molecule has 1 amide bonds. The molecule has 0 N–H and O–H groups in total. The fourth-order valence-corrected chi connectivity index (χ4v) is 5.61. The Hall–Kier alpha value is -2.39.